The lowest BCUT2D eigenvalue weighted by Gasteiger charge is -2.17. The molecule has 5 heteroatoms. The van der Waals surface area contributed by atoms with Crippen LogP contribution in [0.5, 0.6) is 5.75 Å². The van der Waals surface area contributed by atoms with Crippen molar-refractivity contribution in [3.05, 3.63) is 64.7 Å². The van der Waals surface area contributed by atoms with Gasteiger partial charge in [-0.2, -0.15) is 14.0 Å². The number of hydrogen-bond acceptors (Lipinski definition) is 2. The van der Waals surface area contributed by atoms with Gasteiger partial charge in [-0.3, -0.25) is 0 Å². The second kappa shape index (κ2) is 5.89. The Bertz CT molecular complexity index is 638. The van der Waals surface area contributed by atoms with E-state index in [0.717, 1.165) is 0 Å². The first-order valence-electron chi connectivity index (χ1n) is 5.79. The summed E-state index contributed by atoms with van der Waals surface area (Å²) in [7, 11) is 0. The minimum atomic E-state index is -3.10. The second-order valence-corrected chi connectivity index (χ2v) is 4.52. The van der Waals surface area contributed by atoms with Crippen molar-refractivity contribution in [2.24, 2.45) is 0 Å². The van der Waals surface area contributed by atoms with E-state index in [9.17, 15) is 8.78 Å². The van der Waals surface area contributed by atoms with E-state index in [2.05, 4.69) is 0 Å². The van der Waals surface area contributed by atoms with Crippen LogP contribution in [0.15, 0.2) is 48.5 Å². The summed E-state index contributed by atoms with van der Waals surface area (Å²) >= 11 is 5.81. The molecule has 0 amide bonds. The Morgan fingerprint density at radius 1 is 1.15 bits per heavy atom. The second-order valence-electron chi connectivity index (χ2n) is 4.11. The van der Waals surface area contributed by atoms with E-state index in [0.29, 0.717) is 0 Å². The molecule has 20 heavy (non-hydrogen) atoms. The van der Waals surface area contributed by atoms with Crippen molar-refractivity contribution in [3.63, 3.8) is 0 Å². The Labute approximate surface area is 120 Å². The molecule has 2 aromatic rings. The molecule has 0 bridgehead atoms. The molecule has 0 fully saturated rings. The molecule has 0 heterocycles. The summed E-state index contributed by atoms with van der Waals surface area (Å²) in [6, 6.07) is 13.5. The maximum absolute atomic E-state index is 13.9. The molecule has 0 aliphatic rings. The Morgan fingerprint density at radius 3 is 2.45 bits per heavy atom. The highest BCUT2D eigenvalue weighted by molar-refractivity contribution is 6.31. The fourth-order valence-electron chi connectivity index (χ4n) is 1.62. The van der Waals surface area contributed by atoms with Gasteiger partial charge in [0.1, 0.15) is 11.8 Å². The van der Waals surface area contributed by atoms with Gasteiger partial charge in [-0.1, -0.05) is 41.9 Å². The van der Waals surface area contributed by atoms with Gasteiger partial charge in [-0.25, -0.2) is 0 Å². The predicted molar refractivity (Wildman–Crippen MR) is 72.0 cm³/mol. The molecule has 2 nitrogen and oxygen atoms in total. The van der Waals surface area contributed by atoms with Crippen LogP contribution in [-0.2, 0) is 5.92 Å². The molecule has 0 radical (unpaired) electrons. The lowest BCUT2D eigenvalue weighted by molar-refractivity contribution is -0.0467. The monoisotopic (exact) mass is 293 g/mol. The highest BCUT2D eigenvalue weighted by Gasteiger charge is 2.32. The zero-order valence-corrected chi connectivity index (χ0v) is 11.1. The summed E-state index contributed by atoms with van der Waals surface area (Å²) < 4.78 is 32.8. The quantitative estimate of drug-likeness (QED) is 0.838. The van der Waals surface area contributed by atoms with Gasteiger partial charge < -0.3 is 4.74 Å². The van der Waals surface area contributed by atoms with Gasteiger partial charge >= 0.3 is 5.92 Å². The van der Waals surface area contributed by atoms with Crippen LogP contribution in [0, 0.1) is 11.3 Å². The SMILES string of the molecule is N#Cc1ccc(OCC(F)(F)c2ccccc2)cc1Cl. The smallest absolute Gasteiger partial charge is 0.306 e. The molecule has 0 aliphatic carbocycles. The van der Waals surface area contributed by atoms with Gasteiger partial charge in [-0.15, -0.1) is 0 Å². The maximum atomic E-state index is 13.9. The number of hydrogen-bond donors (Lipinski definition) is 0. The van der Waals surface area contributed by atoms with Crippen molar-refractivity contribution in [2.75, 3.05) is 6.61 Å². The first-order valence-corrected chi connectivity index (χ1v) is 6.16. The van der Waals surface area contributed by atoms with Crippen LogP contribution in [0.3, 0.4) is 0 Å². The summed E-state index contributed by atoms with van der Waals surface area (Å²) in [5, 5.41) is 8.90. The van der Waals surface area contributed by atoms with Crippen LogP contribution >= 0.6 is 11.6 Å². The lowest BCUT2D eigenvalue weighted by Crippen LogP contribution is -2.23. The van der Waals surface area contributed by atoms with Crippen LogP contribution in [0.1, 0.15) is 11.1 Å². The standard InChI is InChI=1S/C15H10ClF2NO/c16-14-8-13(7-6-11(14)9-19)20-10-15(17,18)12-4-2-1-3-5-12/h1-8H,10H2. The summed E-state index contributed by atoms with van der Waals surface area (Å²) in [5.41, 5.74) is 0.161. The Kier molecular flexibility index (Phi) is 4.21. The number of benzene rings is 2. The zero-order chi connectivity index (χ0) is 14.6. The van der Waals surface area contributed by atoms with E-state index >= 15 is 0 Å². The van der Waals surface area contributed by atoms with Crippen molar-refractivity contribution in [1.82, 2.24) is 0 Å². The van der Waals surface area contributed by atoms with E-state index < -0.39 is 12.5 Å². The first kappa shape index (κ1) is 14.3. The van der Waals surface area contributed by atoms with E-state index in [1.165, 1.54) is 30.3 Å². The molecule has 0 N–H and O–H groups in total. The molecular formula is C15H10ClF2NO. The summed E-state index contributed by atoms with van der Waals surface area (Å²) in [4.78, 5) is 0. The van der Waals surface area contributed by atoms with Crippen molar-refractivity contribution >= 4 is 11.6 Å². The largest absolute Gasteiger partial charge is 0.487 e. The van der Waals surface area contributed by atoms with Gasteiger partial charge in [0.05, 0.1) is 10.6 Å². The van der Waals surface area contributed by atoms with Gasteiger partial charge in [-0.05, 0) is 12.1 Å². The third kappa shape index (κ3) is 3.25. The highest BCUT2D eigenvalue weighted by atomic mass is 35.5. The van der Waals surface area contributed by atoms with Crippen LogP contribution in [0.2, 0.25) is 5.02 Å². The normalized spacial score (nSPS) is 10.9. The fourth-order valence-corrected chi connectivity index (χ4v) is 1.83. The Hall–Kier alpha value is -2.12. The third-order valence-corrected chi connectivity index (χ3v) is 2.99. The summed E-state index contributed by atoms with van der Waals surface area (Å²) in [6.45, 7) is -0.792. The van der Waals surface area contributed by atoms with Crippen molar-refractivity contribution in [3.8, 4) is 11.8 Å². The number of rotatable bonds is 4. The highest BCUT2D eigenvalue weighted by Crippen LogP contribution is 2.29. The van der Waals surface area contributed by atoms with E-state index in [-0.39, 0.29) is 21.9 Å². The molecule has 0 saturated carbocycles. The molecular weight excluding hydrogens is 284 g/mol. The molecule has 0 aliphatic heterocycles. The first-order chi connectivity index (χ1) is 9.53. The third-order valence-electron chi connectivity index (χ3n) is 2.68. The molecule has 0 unspecified atom stereocenters. The van der Waals surface area contributed by atoms with Crippen LogP contribution in [-0.4, -0.2) is 6.61 Å². The van der Waals surface area contributed by atoms with E-state index in [1.54, 1.807) is 18.2 Å². The molecule has 2 rings (SSSR count). The Morgan fingerprint density at radius 2 is 1.85 bits per heavy atom. The minimum absolute atomic E-state index is 0.111. The van der Waals surface area contributed by atoms with Crippen molar-refractivity contribution in [1.29, 1.82) is 5.26 Å². The van der Waals surface area contributed by atoms with Gasteiger partial charge in [0.15, 0.2) is 6.61 Å². The number of nitrogens with zero attached hydrogens (tertiary/aromatic N) is 1. The molecule has 0 saturated heterocycles. The van der Waals surface area contributed by atoms with E-state index in [1.807, 2.05) is 6.07 Å². The van der Waals surface area contributed by atoms with Crippen molar-refractivity contribution in [2.45, 2.75) is 5.92 Å². The fraction of sp³-hybridized carbons (Fsp3) is 0.133. The Balaban J connectivity index is 2.09. The molecule has 0 aromatic heterocycles. The lowest BCUT2D eigenvalue weighted by atomic mass is 10.1. The summed E-state index contributed by atoms with van der Waals surface area (Å²) in [6.07, 6.45) is 0. The zero-order valence-electron chi connectivity index (χ0n) is 10.3. The van der Waals surface area contributed by atoms with Crippen molar-refractivity contribution < 1.29 is 13.5 Å². The van der Waals surface area contributed by atoms with Crippen LogP contribution < -0.4 is 4.74 Å². The number of ether oxygens (including phenoxy) is 1. The number of halogens is 3. The minimum Gasteiger partial charge on any atom is -0.487 e. The van der Waals surface area contributed by atoms with E-state index in [4.69, 9.17) is 21.6 Å². The molecule has 2 aromatic carbocycles. The van der Waals surface area contributed by atoms with Gasteiger partial charge in [0.25, 0.3) is 0 Å². The number of alkyl halides is 2. The maximum Gasteiger partial charge on any atom is 0.306 e. The predicted octanol–water partition coefficient (Wildman–Crippen LogP) is 4.38. The van der Waals surface area contributed by atoms with Gasteiger partial charge in [0.2, 0.25) is 0 Å². The van der Waals surface area contributed by atoms with Crippen LogP contribution in [0.4, 0.5) is 8.78 Å². The molecule has 0 spiro atoms. The average molecular weight is 294 g/mol. The summed E-state index contributed by atoms with van der Waals surface area (Å²) in [5.74, 6) is -2.90. The van der Waals surface area contributed by atoms with Crippen LogP contribution in [0.25, 0.3) is 0 Å². The molecule has 0 atom stereocenters. The van der Waals surface area contributed by atoms with Gasteiger partial charge in [0, 0.05) is 11.6 Å². The number of nitriles is 1. The average Bonchev–Trinajstić information content (AvgIpc) is 2.46. The topological polar surface area (TPSA) is 33.0 Å². The molecule has 102 valence electrons.